The SMILES string of the molecule is C=Nc1cc(CCCCN2CCCC2)c(N)cc1C1=C(C)CCC(C)N1. The highest BCUT2D eigenvalue weighted by Crippen LogP contribution is 2.35. The first-order valence-corrected chi connectivity index (χ1v) is 10.2. The average molecular weight is 355 g/mol. The fourth-order valence-electron chi connectivity index (χ4n) is 4.16. The molecule has 4 heteroatoms. The molecule has 0 aromatic heterocycles. The van der Waals surface area contributed by atoms with Crippen LogP contribution < -0.4 is 11.1 Å². The monoisotopic (exact) mass is 354 g/mol. The standard InChI is InChI=1S/C22H34N4/c1-16-9-10-17(2)25-22(16)19-15-20(23)18(14-21(19)24-3)8-4-5-11-26-12-6-7-13-26/h14-15,17,25H,3-13,23H2,1-2H3. The number of nitrogens with two attached hydrogens (primary N) is 1. The molecule has 0 radical (unpaired) electrons. The number of anilines is 1. The summed E-state index contributed by atoms with van der Waals surface area (Å²) in [6.45, 7) is 12.0. The van der Waals surface area contributed by atoms with E-state index < -0.39 is 0 Å². The molecule has 2 aliphatic heterocycles. The second-order valence-corrected chi connectivity index (χ2v) is 7.97. The molecule has 0 aliphatic carbocycles. The first-order valence-electron chi connectivity index (χ1n) is 10.2. The van der Waals surface area contributed by atoms with Crippen LogP contribution in [0.1, 0.15) is 63.5 Å². The lowest BCUT2D eigenvalue weighted by Crippen LogP contribution is -2.29. The Morgan fingerprint density at radius 2 is 2.04 bits per heavy atom. The van der Waals surface area contributed by atoms with E-state index in [2.05, 4.69) is 47.9 Å². The third-order valence-electron chi connectivity index (χ3n) is 5.84. The van der Waals surface area contributed by atoms with Gasteiger partial charge in [0.15, 0.2) is 0 Å². The van der Waals surface area contributed by atoms with E-state index in [-0.39, 0.29) is 0 Å². The molecule has 0 saturated carbocycles. The van der Waals surface area contributed by atoms with Crippen molar-refractivity contribution in [1.29, 1.82) is 0 Å². The van der Waals surface area contributed by atoms with Crippen molar-refractivity contribution in [3.8, 4) is 0 Å². The van der Waals surface area contributed by atoms with Crippen molar-refractivity contribution in [3.05, 3.63) is 28.8 Å². The number of aryl methyl sites for hydroxylation is 1. The number of nitrogen functional groups attached to an aromatic ring is 1. The maximum atomic E-state index is 6.41. The topological polar surface area (TPSA) is 53.6 Å². The molecule has 1 fully saturated rings. The van der Waals surface area contributed by atoms with Crippen LogP contribution in [0, 0.1) is 0 Å². The molecule has 3 N–H and O–H groups in total. The van der Waals surface area contributed by atoms with Gasteiger partial charge in [0.2, 0.25) is 0 Å². The van der Waals surface area contributed by atoms with Gasteiger partial charge >= 0.3 is 0 Å². The fraction of sp³-hybridized carbons (Fsp3) is 0.591. The molecule has 2 heterocycles. The van der Waals surface area contributed by atoms with Gasteiger partial charge in [-0.2, -0.15) is 0 Å². The van der Waals surface area contributed by atoms with E-state index in [1.54, 1.807) is 0 Å². The molecule has 1 aromatic carbocycles. The number of allylic oxidation sites excluding steroid dienone is 1. The quantitative estimate of drug-likeness (QED) is 0.430. The van der Waals surface area contributed by atoms with Gasteiger partial charge in [-0.3, -0.25) is 4.99 Å². The number of hydrogen-bond acceptors (Lipinski definition) is 4. The van der Waals surface area contributed by atoms with Crippen LogP contribution in [0.3, 0.4) is 0 Å². The molecule has 1 saturated heterocycles. The van der Waals surface area contributed by atoms with Gasteiger partial charge in [-0.25, -0.2) is 0 Å². The van der Waals surface area contributed by atoms with Gasteiger partial charge in [0.05, 0.1) is 5.69 Å². The Labute approximate surface area is 158 Å². The summed E-state index contributed by atoms with van der Waals surface area (Å²) in [6, 6.07) is 4.73. The minimum absolute atomic E-state index is 0.484. The summed E-state index contributed by atoms with van der Waals surface area (Å²) in [5.74, 6) is 0. The van der Waals surface area contributed by atoms with Crippen LogP contribution in [0.2, 0.25) is 0 Å². The average Bonchev–Trinajstić information content (AvgIpc) is 3.15. The molecule has 3 rings (SSSR count). The van der Waals surface area contributed by atoms with Gasteiger partial charge in [0.1, 0.15) is 0 Å². The van der Waals surface area contributed by atoms with E-state index in [4.69, 9.17) is 5.73 Å². The first-order chi connectivity index (χ1) is 12.6. The number of hydrogen-bond donors (Lipinski definition) is 2. The van der Waals surface area contributed by atoms with Crippen molar-refractivity contribution in [2.24, 2.45) is 4.99 Å². The zero-order valence-corrected chi connectivity index (χ0v) is 16.5. The van der Waals surface area contributed by atoms with Gasteiger partial charge in [-0.1, -0.05) is 0 Å². The summed E-state index contributed by atoms with van der Waals surface area (Å²) in [4.78, 5) is 6.89. The van der Waals surface area contributed by atoms with Crippen LogP contribution in [-0.2, 0) is 6.42 Å². The number of rotatable bonds is 7. The van der Waals surface area contributed by atoms with E-state index in [9.17, 15) is 0 Å². The fourth-order valence-corrected chi connectivity index (χ4v) is 4.16. The van der Waals surface area contributed by atoms with Gasteiger partial charge in [-0.05, 0) is 108 Å². The Balaban J connectivity index is 1.69. The molecular formula is C22H34N4. The van der Waals surface area contributed by atoms with Crippen LogP contribution in [0.15, 0.2) is 22.7 Å². The Bertz CT molecular complexity index is 671. The maximum absolute atomic E-state index is 6.41. The third kappa shape index (κ3) is 4.47. The van der Waals surface area contributed by atoms with E-state index in [1.807, 2.05) is 0 Å². The highest BCUT2D eigenvalue weighted by atomic mass is 15.1. The van der Waals surface area contributed by atoms with Crippen molar-refractivity contribution in [2.45, 2.75) is 64.8 Å². The molecule has 0 amide bonds. The molecule has 4 nitrogen and oxygen atoms in total. The predicted molar refractivity (Wildman–Crippen MR) is 113 cm³/mol. The lowest BCUT2D eigenvalue weighted by Gasteiger charge is -2.27. The van der Waals surface area contributed by atoms with Crippen molar-refractivity contribution in [2.75, 3.05) is 25.4 Å². The molecule has 142 valence electrons. The summed E-state index contributed by atoms with van der Waals surface area (Å²) >= 11 is 0. The largest absolute Gasteiger partial charge is 0.398 e. The van der Waals surface area contributed by atoms with Crippen LogP contribution in [0.25, 0.3) is 5.70 Å². The van der Waals surface area contributed by atoms with Crippen LogP contribution in [-0.4, -0.2) is 37.3 Å². The Kier molecular flexibility index (Phi) is 6.36. The van der Waals surface area contributed by atoms with Gasteiger partial charge in [-0.15, -0.1) is 0 Å². The van der Waals surface area contributed by atoms with Crippen LogP contribution in [0.5, 0.6) is 0 Å². The number of nitrogens with one attached hydrogen (secondary N) is 1. The van der Waals surface area contributed by atoms with E-state index in [1.165, 1.54) is 68.6 Å². The first kappa shape index (κ1) is 19.0. The summed E-state index contributed by atoms with van der Waals surface area (Å²) < 4.78 is 0. The minimum Gasteiger partial charge on any atom is -0.398 e. The number of nitrogens with zero attached hydrogens (tertiary/aromatic N) is 2. The number of unbranched alkanes of at least 4 members (excludes halogenated alkanes) is 1. The highest BCUT2D eigenvalue weighted by molar-refractivity contribution is 5.80. The second-order valence-electron chi connectivity index (χ2n) is 7.97. The zero-order chi connectivity index (χ0) is 18.5. The lowest BCUT2D eigenvalue weighted by atomic mass is 9.93. The minimum atomic E-state index is 0.484. The van der Waals surface area contributed by atoms with Crippen molar-refractivity contribution < 1.29 is 0 Å². The predicted octanol–water partition coefficient (Wildman–Crippen LogP) is 4.52. The smallest absolute Gasteiger partial charge is 0.0719 e. The Hall–Kier alpha value is -1.81. The Morgan fingerprint density at radius 1 is 1.27 bits per heavy atom. The van der Waals surface area contributed by atoms with Crippen molar-refractivity contribution in [1.82, 2.24) is 10.2 Å². The van der Waals surface area contributed by atoms with Gasteiger partial charge in [0.25, 0.3) is 0 Å². The zero-order valence-electron chi connectivity index (χ0n) is 16.5. The van der Waals surface area contributed by atoms with Crippen LogP contribution in [0.4, 0.5) is 11.4 Å². The van der Waals surface area contributed by atoms with Gasteiger partial charge in [0, 0.05) is 23.0 Å². The van der Waals surface area contributed by atoms with E-state index >= 15 is 0 Å². The lowest BCUT2D eigenvalue weighted by molar-refractivity contribution is 0.330. The summed E-state index contributed by atoms with van der Waals surface area (Å²) in [7, 11) is 0. The Morgan fingerprint density at radius 3 is 2.77 bits per heavy atom. The summed E-state index contributed by atoms with van der Waals surface area (Å²) in [6.07, 6.45) is 8.46. The van der Waals surface area contributed by atoms with Crippen LogP contribution >= 0.6 is 0 Å². The molecule has 26 heavy (non-hydrogen) atoms. The summed E-state index contributed by atoms with van der Waals surface area (Å²) in [5, 5.41) is 3.62. The molecule has 1 atom stereocenters. The molecule has 0 spiro atoms. The summed E-state index contributed by atoms with van der Waals surface area (Å²) in [5.41, 5.74) is 13.1. The normalized spacial score (nSPS) is 21.1. The molecular weight excluding hydrogens is 320 g/mol. The highest BCUT2D eigenvalue weighted by Gasteiger charge is 2.19. The van der Waals surface area contributed by atoms with Crippen molar-refractivity contribution in [3.63, 3.8) is 0 Å². The molecule has 1 aromatic rings. The molecule has 1 unspecified atom stereocenters. The van der Waals surface area contributed by atoms with E-state index in [0.717, 1.165) is 29.8 Å². The maximum Gasteiger partial charge on any atom is 0.0719 e. The number of likely N-dealkylation sites (tertiary alicyclic amines) is 1. The van der Waals surface area contributed by atoms with Crippen molar-refractivity contribution >= 4 is 23.8 Å². The third-order valence-corrected chi connectivity index (χ3v) is 5.84. The van der Waals surface area contributed by atoms with Gasteiger partial charge < -0.3 is 16.0 Å². The number of benzene rings is 1. The van der Waals surface area contributed by atoms with E-state index in [0.29, 0.717) is 6.04 Å². The number of aliphatic imine (C=N–C) groups is 1. The molecule has 2 aliphatic rings. The molecule has 0 bridgehead atoms. The second kappa shape index (κ2) is 8.72.